The van der Waals surface area contributed by atoms with E-state index in [1.54, 1.807) is 16.5 Å². The van der Waals surface area contributed by atoms with E-state index in [2.05, 4.69) is 30.1 Å². The summed E-state index contributed by atoms with van der Waals surface area (Å²) in [6.07, 6.45) is 5.20. The number of sulfonamides is 1. The molecule has 0 atom stereocenters. The fraction of sp³-hybridized carbons (Fsp3) is 0.438. The molecule has 0 aromatic carbocycles. The molecule has 12 heteroatoms. The van der Waals surface area contributed by atoms with Crippen LogP contribution in [0.3, 0.4) is 0 Å². The molecular weight excluding hydrogens is 396 g/mol. The Morgan fingerprint density at radius 2 is 2.14 bits per heavy atom. The van der Waals surface area contributed by atoms with E-state index in [1.807, 2.05) is 16.9 Å². The highest BCUT2D eigenvalue weighted by atomic mass is 32.2. The fourth-order valence-corrected chi connectivity index (χ4v) is 4.66. The third-order valence-electron chi connectivity index (χ3n) is 5.05. The van der Waals surface area contributed by atoms with E-state index in [9.17, 15) is 8.42 Å². The summed E-state index contributed by atoms with van der Waals surface area (Å²) in [4.78, 5) is 8.86. The van der Waals surface area contributed by atoms with Crippen molar-refractivity contribution < 1.29 is 8.42 Å². The average Bonchev–Trinajstić information content (AvgIpc) is 3.20. The van der Waals surface area contributed by atoms with Crippen molar-refractivity contribution in [3.8, 4) is 6.07 Å². The third-order valence-corrected chi connectivity index (χ3v) is 6.53. The Balaban J connectivity index is 1.54. The largest absolute Gasteiger partial charge is 0.368 e. The standard InChI is InChI=1S/C16H19N8O2SSi/c17-4-8-27(25,26)20-9-11-1-5-22(6-2-11)24-14-12-3-7-23(28)15(12)19-10-13(14)21-16(24)18/h3,7,10-11,20H,1-2,5-6,8-9H2,(H2,18,21). The molecule has 1 aliphatic rings. The van der Waals surface area contributed by atoms with Crippen LogP contribution in [0.25, 0.3) is 22.1 Å². The number of nitrogens with zero attached hydrogens (tertiary/aromatic N) is 6. The Morgan fingerprint density at radius 1 is 1.39 bits per heavy atom. The van der Waals surface area contributed by atoms with E-state index in [-0.39, 0.29) is 5.92 Å². The van der Waals surface area contributed by atoms with Gasteiger partial charge in [0.05, 0.1) is 12.3 Å². The van der Waals surface area contributed by atoms with Gasteiger partial charge in [0.15, 0.2) is 16.2 Å². The van der Waals surface area contributed by atoms with Crippen LogP contribution in [-0.4, -0.2) is 63.1 Å². The summed E-state index contributed by atoms with van der Waals surface area (Å²) in [5.41, 5.74) is 8.63. The smallest absolute Gasteiger partial charge is 0.225 e. The number of fused-ring (bicyclic) bond motifs is 3. The van der Waals surface area contributed by atoms with Gasteiger partial charge in [-0.25, -0.2) is 27.8 Å². The van der Waals surface area contributed by atoms with Crippen molar-refractivity contribution in [1.82, 2.24) is 23.6 Å². The zero-order valence-corrected chi connectivity index (χ0v) is 16.9. The normalized spacial score (nSPS) is 16.1. The summed E-state index contributed by atoms with van der Waals surface area (Å²) >= 11 is 0. The number of piperidine rings is 1. The number of nitriles is 1. The second-order valence-electron chi connectivity index (χ2n) is 6.86. The molecule has 28 heavy (non-hydrogen) atoms. The maximum atomic E-state index is 11.7. The van der Waals surface area contributed by atoms with Crippen LogP contribution in [0.5, 0.6) is 0 Å². The predicted octanol–water partition coefficient (Wildman–Crippen LogP) is -0.309. The molecule has 10 nitrogen and oxygen atoms in total. The molecule has 0 bridgehead atoms. The van der Waals surface area contributed by atoms with Gasteiger partial charge < -0.3 is 15.0 Å². The Hall–Kier alpha value is -2.62. The second kappa shape index (κ2) is 7.08. The predicted molar refractivity (Wildman–Crippen MR) is 107 cm³/mol. The van der Waals surface area contributed by atoms with Crippen LogP contribution in [0.4, 0.5) is 5.95 Å². The lowest BCUT2D eigenvalue weighted by atomic mass is 9.98. The van der Waals surface area contributed by atoms with Gasteiger partial charge in [-0.3, -0.25) is 0 Å². The van der Waals surface area contributed by atoms with Gasteiger partial charge in [0, 0.05) is 25.0 Å². The van der Waals surface area contributed by atoms with Crippen molar-refractivity contribution in [2.24, 2.45) is 5.92 Å². The van der Waals surface area contributed by atoms with E-state index in [1.165, 1.54) is 0 Å². The number of anilines is 1. The lowest BCUT2D eigenvalue weighted by Crippen LogP contribution is -2.44. The highest BCUT2D eigenvalue weighted by Crippen LogP contribution is 2.28. The first-order chi connectivity index (χ1) is 13.4. The van der Waals surface area contributed by atoms with Gasteiger partial charge in [-0.1, -0.05) is 0 Å². The summed E-state index contributed by atoms with van der Waals surface area (Å²) in [7, 11) is -0.0284. The molecule has 0 amide bonds. The van der Waals surface area contributed by atoms with Crippen LogP contribution in [0.1, 0.15) is 12.8 Å². The molecule has 4 rings (SSSR count). The zero-order chi connectivity index (χ0) is 19.9. The van der Waals surface area contributed by atoms with E-state index in [4.69, 9.17) is 11.0 Å². The number of rotatable bonds is 5. The van der Waals surface area contributed by atoms with Crippen molar-refractivity contribution in [1.29, 1.82) is 5.26 Å². The lowest BCUT2D eigenvalue weighted by molar-refractivity contribution is 0.366. The molecule has 3 N–H and O–H groups in total. The summed E-state index contributed by atoms with van der Waals surface area (Å²) < 4.78 is 29.5. The number of nitrogen functional groups attached to an aromatic ring is 1. The van der Waals surface area contributed by atoms with E-state index < -0.39 is 15.8 Å². The fourth-order valence-electron chi connectivity index (χ4n) is 3.64. The Morgan fingerprint density at radius 3 is 2.86 bits per heavy atom. The minimum absolute atomic E-state index is 0.214. The quantitative estimate of drug-likeness (QED) is 0.546. The molecule has 145 valence electrons. The van der Waals surface area contributed by atoms with Gasteiger partial charge >= 0.3 is 0 Å². The third kappa shape index (κ3) is 3.32. The number of hydrogen-bond donors (Lipinski definition) is 2. The Kier molecular flexibility index (Phi) is 4.74. The van der Waals surface area contributed by atoms with E-state index >= 15 is 0 Å². The SMILES string of the molecule is N#CCS(=O)(=O)NCC1CCN(n2c(N)nc3cnc4c(ccn4[Si])c32)CC1. The average molecular weight is 416 g/mol. The number of nitrogens with two attached hydrogens (primary N) is 1. The Bertz CT molecular complexity index is 1170. The number of hydrogen-bond acceptors (Lipinski definition) is 7. The van der Waals surface area contributed by atoms with Gasteiger partial charge in [0.2, 0.25) is 16.0 Å². The van der Waals surface area contributed by atoms with Crippen LogP contribution in [0.2, 0.25) is 0 Å². The summed E-state index contributed by atoms with van der Waals surface area (Å²) in [5.74, 6) is 0.102. The summed E-state index contributed by atoms with van der Waals surface area (Å²) in [6.45, 7) is 1.79. The summed E-state index contributed by atoms with van der Waals surface area (Å²) in [6, 6.07) is 3.63. The van der Waals surface area contributed by atoms with E-state index in [0.29, 0.717) is 12.5 Å². The molecule has 0 saturated carbocycles. The molecule has 4 heterocycles. The minimum Gasteiger partial charge on any atom is -0.368 e. The highest BCUT2D eigenvalue weighted by molar-refractivity contribution is 7.89. The van der Waals surface area contributed by atoms with Crippen molar-refractivity contribution >= 4 is 48.4 Å². The number of pyridine rings is 1. The van der Waals surface area contributed by atoms with Crippen LogP contribution in [0.15, 0.2) is 18.5 Å². The molecule has 0 unspecified atom stereocenters. The maximum Gasteiger partial charge on any atom is 0.225 e. The molecular formula is C16H19N8O2SSi. The molecule has 0 spiro atoms. The van der Waals surface area contributed by atoms with Crippen LogP contribution < -0.4 is 15.5 Å². The number of nitrogens with one attached hydrogen (secondary N) is 1. The van der Waals surface area contributed by atoms with Crippen molar-refractivity contribution in [2.45, 2.75) is 12.8 Å². The molecule has 1 fully saturated rings. The number of aromatic nitrogens is 4. The van der Waals surface area contributed by atoms with Gasteiger partial charge in [-0.05, 0) is 31.0 Å². The summed E-state index contributed by atoms with van der Waals surface area (Å²) in [5, 5.41) is 11.6. The molecule has 3 aromatic heterocycles. The van der Waals surface area contributed by atoms with Gasteiger partial charge in [0.25, 0.3) is 0 Å². The van der Waals surface area contributed by atoms with Gasteiger partial charge in [0.1, 0.15) is 16.7 Å². The van der Waals surface area contributed by atoms with Crippen molar-refractivity contribution in [3.63, 3.8) is 0 Å². The van der Waals surface area contributed by atoms with Gasteiger partial charge in [-0.2, -0.15) is 5.26 Å². The lowest BCUT2D eigenvalue weighted by Gasteiger charge is -2.34. The van der Waals surface area contributed by atoms with Crippen LogP contribution in [-0.2, 0) is 10.0 Å². The van der Waals surface area contributed by atoms with Crippen molar-refractivity contribution in [3.05, 3.63) is 18.5 Å². The van der Waals surface area contributed by atoms with Crippen LogP contribution >= 0.6 is 0 Å². The Labute approximate surface area is 165 Å². The topological polar surface area (TPSA) is 135 Å². The first-order valence-corrected chi connectivity index (χ1v) is 10.9. The minimum atomic E-state index is -3.52. The van der Waals surface area contributed by atoms with Gasteiger partial charge in [-0.15, -0.1) is 0 Å². The van der Waals surface area contributed by atoms with E-state index in [0.717, 1.165) is 48.0 Å². The molecule has 3 aromatic rings. The second-order valence-corrected chi connectivity index (χ2v) is 9.15. The van der Waals surface area contributed by atoms with Crippen LogP contribution in [0, 0.1) is 17.2 Å². The molecule has 1 saturated heterocycles. The zero-order valence-electron chi connectivity index (χ0n) is 15.0. The first kappa shape index (κ1) is 18.7. The first-order valence-electron chi connectivity index (χ1n) is 8.85. The monoisotopic (exact) mass is 415 g/mol. The molecule has 1 aliphatic heterocycles. The highest BCUT2D eigenvalue weighted by Gasteiger charge is 2.25. The number of imidazole rings is 1. The van der Waals surface area contributed by atoms with Crippen molar-refractivity contribution in [2.75, 3.05) is 36.1 Å². The molecule has 0 aliphatic carbocycles. The maximum absolute atomic E-state index is 11.7. The molecule has 3 radical (unpaired) electrons.